The average molecular weight is 407 g/mol. The molecular weight excluding hydrogens is 380 g/mol. The summed E-state index contributed by atoms with van der Waals surface area (Å²) in [6.45, 7) is 0. The fourth-order valence-electron chi connectivity index (χ4n) is 3.90. The summed E-state index contributed by atoms with van der Waals surface area (Å²) in [6, 6.07) is 19.9. The van der Waals surface area contributed by atoms with Crippen molar-refractivity contribution >= 4 is 17.7 Å². The van der Waals surface area contributed by atoms with Crippen molar-refractivity contribution < 1.29 is 4.79 Å². The summed E-state index contributed by atoms with van der Waals surface area (Å²) < 4.78 is 0. The molecule has 1 aliphatic carbocycles. The minimum Gasteiger partial charge on any atom is -0.344 e. The van der Waals surface area contributed by atoms with Gasteiger partial charge >= 0.3 is 0 Å². The highest BCUT2D eigenvalue weighted by Gasteiger charge is 2.19. The van der Waals surface area contributed by atoms with Gasteiger partial charge in [-0.15, -0.1) is 5.10 Å². The fourth-order valence-corrected chi connectivity index (χ4v) is 4.53. The van der Waals surface area contributed by atoms with Crippen molar-refractivity contribution in [2.45, 2.75) is 43.3 Å². The van der Waals surface area contributed by atoms with Crippen molar-refractivity contribution in [3.63, 3.8) is 0 Å². The van der Waals surface area contributed by atoms with Gasteiger partial charge in [-0.1, -0.05) is 98.1 Å². The van der Waals surface area contributed by atoms with Gasteiger partial charge in [0.05, 0.1) is 11.8 Å². The van der Waals surface area contributed by atoms with Crippen LogP contribution in [0.25, 0.3) is 0 Å². The molecule has 0 bridgehead atoms. The Balaban J connectivity index is 1.35. The molecule has 29 heavy (non-hydrogen) atoms. The van der Waals surface area contributed by atoms with Crippen LogP contribution in [0, 0.1) is 5.92 Å². The topological polar surface area (TPSA) is 70.7 Å². The molecule has 1 amide bonds. The lowest BCUT2D eigenvalue weighted by atomic mass is 9.99. The van der Waals surface area contributed by atoms with Crippen LogP contribution in [-0.4, -0.2) is 26.8 Å². The number of aromatic amines is 1. The van der Waals surface area contributed by atoms with Gasteiger partial charge in [0.25, 0.3) is 0 Å². The van der Waals surface area contributed by atoms with Crippen LogP contribution in [0.2, 0.25) is 0 Å². The number of nitrogens with one attached hydrogen (secondary N) is 2. The van der Waals surface area contributed by atoms with E-state index in [1.54, 1.807) is 0 Å². The van der Waals surface area contributed by atoms with Gasteiger partial charge in [0.15, 0.2) is 0 Å². The second-order valence-corrected chi connectivity index (χ2v) is 8.47. The summed E-state index contributed by atoms with van der Waals surface area (Å²) in [5.74, 6) is 1.92. The number of carbonyl (C=O) groups is 1. The number of benzene rings is 2. The van der Waals surface area contributed by atoms with Crippen LogP contribution in [0.5, 0.6) is 0 Å². The van der Waals surface area contributed by atoms with Crippen LogP contribution in [-0.2, 0) is 11.2 Å². The third-order valence-electron chi connectivity index (χ3n) is 5.37. The van der Waals surface area contributed by atoms with E-state index >= 15 is 0 Å². The lowest BCUT2D eigenvalue weighted by Gasteiger charge is -2.19. The van der Waals surface area contributed by atoms with Crippen molar-refractivity contribution in [1.82, 2.24) is 20.5 Å². The predicted octanol–water partition coefficient (Wildman–Crippen LogP) is 4.54. The summed E-state index contributed by atoms with van der Waals surface area (Å²) in [5.41, 5.74) is 2.13. The van der Waals surface area contributed by atoms with Gasteiger partial charge in [0.1, 0.15) is 5.82 Å². The molecule has 150 valence electrons. The maximum atomic E-state index is 12.7. The van der Waals surface area contributed by atoms with Gasteiger partial charge in [0.2, 0.25) is 11.1 Å². The normalized spacial score (nSPS) is 14.4. The van der Waals surface area contributed by atoms with Gasteiger partial charge in [-0.3, -0.25) is 9.89 Å². The maximum Gasteiger partial charge on any atom is 0.231 e. The summed E-state index contributed by atoms with van der Waals surface area (Å²) in [7, 11) is 0. The van der Waals surface area contributed by atoms with E-state index in [2.05, 4.69) is 20.5 Å². The number of hydrogen-bond donors (Lipinski definition) is 2. The first-order valence-electron chi connectivity index (χ1n) is 10.2. The molecule has 5 nitrogen and oxygen atoms in total. The number of aromatic nitrogens is 3. The Kier molecular flexibility index (Phi) is 6.62. The predicted molar refractivity (Wildman–Crippen MR) is 116 cm³/mol. The van der Waals surface area contributed by atoms with Gasteiger partial charge in [-0.2, -0.15) is 0 Å². The molecule has 0 spiro atoms. The number of carbonyl (C=O) groups excluding carboxylic acids is 1. The SMILES string of the molecule is O=C(CSc1n[nH]c(CC2CCCC2)n1)NC(c1ccccc1)c1ccccc1. The zero-order valence-electron chi connectivity index (χ0n) is 16.4. The lowest BCUT2D eigenvalue weighted by molar-refractivity contribution is -0.119. The van der Waals surface area contributed by atoms with E-state index in [-0.39, 0.29) is 17.7 Å². The third-order valence-corrected chi connectivity index (χ3v) is 6.22. The molecule has 1 saturated carbocycles. The number of nitrogens with zero attached hydrogens (tertiary/aromatic N) is 2. The van der Waals surface area contributed by atoms with Crippen molar-refractivity contribution in [3.8, 4) is 0 Å². The third kappa shape index (κ3) is 5.48. The van der Waals surface area contributed by atoms with E-state index < -0.39 is 0 Å². The molecule has 1 aromatic heterocycles. The van der Waals surface area contributed by atoms with E-state index in [4.69, 9.17) is 0 Å². The largest absolute Gasteiger partial charge is 0.344 e. The number of rotatable bonds is 8. The van der Waals surface area contributed by atoms with E-state index in [0.717, 1.165) is 29.3 Å². The summed E-state index contributed by atoms with van der Waals surface area (Å²) in [5, 5.41) is 11.1. The molecule has 1 aliphatic rings. The van der Waals surface area contributed by atoms with Crippen LogP contribution < -0.4 is 5.32 Å². The summed E-state index contributed by atoms with van der Waals surface area (Å²) in [4.78, 5) is 17.2. The van der Waals surface area contributed by atoms with E-state index in [1.807, 2.05) is 60.7 Å². The molecule has 0 aliphatic heterocycles. The summed E-state index contributed by atoms with van der Waals surface area (Å²) in [6.07, 6.45) is 6.18. The number of H-pyrrole nitrogens is 1. The molecular formula is C23H26N4OS. The molecule has 1 fully saturated rings. The van der Waals surface area contributed by atoms with Crippen molar-refractivity contribution in [2.24, 2.45) is 5.92 Å². The van der Waals surface area contributed by atoms with Gasteiger partial charge in [-0.05, 0) is 17.0 Å². The zero-order valence-corrected chi connectivity index (χ0v) is 17.2. The monoisotopic (exact) mass is 406 g/mol. The Bertz CT molecular complexity index is 867. The smallest absolute Gasteiger partial charge is 0.231 e. The van der Waals surface area contributed by atoms with Crippen LogP contribution >= 0.6 is 11.8 Å². The standard InChI is InChI=1S/C23H26N4OS/c28-21(16-29-23-24-20(26-27-23)15-17-9-7-8-10-17)25-22(18-11-3-1-4-12-18)19-13-5-2-6-14-19/h1-6,11-14,17,22H,7-10,15-16H2,(H,25,28)(H,24,26,27). The van der Waals surface area contributed by atoms with E-state index in [0.29, 0.717) is 5.16 Å². The van der Waals surface area contributed by atoms with Crippen molar-refractivity contribution in [1.29, 1.82) is 0 Å². The van der Waals surface area contributed by atoms with Crippen LogP contribution in [0.15, 0.2) is 65.8 Å². The highest BCUT2D eigenvalue weighted by atomic mass is 32.2. The molecule has 0 radical (unpaired) electrons. The second-order valence-electron chi connectivity index (χ2n) is 7.53. The minimum atomic E-state index is -0.171. The van der Waals surface area contributed by atoms with Crippen LogP contribution in [0.1, 0.15) is 48.7 Å². The van der Waals surface area contributed by atoms with Crippen LogP contribution in [0.3, 0.4) is 0 Å². The van der Waals surface area contributed by atoms with Gasteiger partial charge < -0.3 is 5.32 Å². The molecule has 6 heteroatoms. The molecule has 0 saturated heterocycles. The fraction of sp³-hybridized carbons (Fsp3) is 0.348. The molecule has 0 unspecified atom stereocenters. The minimum absolute atomic E-state index is 0.0325. The Morgan fingerprint density at radius 2 is 1.66 bits per heavy atom. The average Bonchev–Trinajstić information content (AvgIpc) is 3.44. The maximum absolute atomic E-state index is 12.7. The first-order valence-corrected chi connectivity index (χ1v) is 11.2. The molecule has 3 aromatic rings. The van der Waals surface area contributed by atoms with Crippen molar-refractivity contribution in [2.75, 3.05) is 5.75 Å². The second kappa shape index (κ2) is 9.74. The van der Waals surface area contributed by atoms with Crippen LogP contribution in [0.4, 0.5) is 0 Å². The Morgan fingerprint density at radius 1 is 1.03 bits per heavy atom. The first kappa shape index (κ1) is 19.7. The molecule has 2 aromatic carbocycles. The molecule has 2 N–H and O–H groups in total. The van der Waals surface area contributed by atoms with Crippen molar-refractivity contribution in [3.05, 3.63) is 77.6 Å². The lowest BCUT2D eigenvalue weighted by Crippen LogP contribution is -2.30. The first-order chi connectivity index (χ1) is 14.3. The Morgan fingerprint density at radius 3 is 2.28 bits per heavy atom. The quantitative estimate of drug-likeness (QED) is 0.539. The summed E-state index contributed by atoms with van der Waals surface area (Å²) >= 11 is 1.37. The van der Waals surface area contributed by atoms with Gasteiger partial charge in [0, 0.05) is 6.42 Å². The Hall–Kier alpha value is -2.60. The highest BCUT2D eigenvalue weighted by molar-refractivity contribution is 7.99. The number of amides is 1. The zero-order chi connectivity index (χ0) is 19.9. The van der Waals surface area contributed by atoms with E-state index in [9.17, 15) is 4.79 Å². The molecule has 1 heterocycles. The number of thioether (sulfide) groups is 1. The number of hydrogen-bond acceptors (Lipinski definition) is 4. The van der Waals surface area contributed by atoms with E-state index in [1.165, 1.54) is 37.4 Å². The molecule has 4 rings (SSSR count). The highest BCUT2D eigenvalue weighted by Crippen LogP contribution is 2.27. The Labute approximate surface area is 175 Å². The van der Waals surface area contributed by atoms with Gasteiger partial charge in [-0.25, -0.2) is 4.98 Å². The molecule has 0 atom stereocenters.